The number of nitrogens with one attached hydrogen (secondary N) is 2. The van der Waals surface area contributed by atoms with Crippen molar-refractivity contribution in [2.45, 2.75) is 52.0 Å². The van der Waals surface area contributed by atoms with E-state index >= 15 is 0 Å². The first-order valence-corrected chi connectivity index (χ1v) is 11.4. The average Bonchev–Trinajstić information content (AvgIpc) is 2.83. The average molecular weight is 479 g/mol. The molecular weight excluding hydrogens is 440 g/mol. The summed E-state index contributed by atoms with van der Waals surface area (Å²) in [4.78, 5) is 58.8. The first kappa shape index (κ1) is 30.9. The Balaban J connectivity index is 0.000000920. The number of piperidine rings is 1. The molecule has 0 aliphatic carbocycles. The maximum absolute atomic E-state index is 12.8. The van der Waals surface area contributed by atoms with E-state index in [1.165, 1.54) is 38.1 Å². The van der Waals surface area contributed by atoms with Crippen molar-refractivity contribution in [3.05, 3.63) is 29.3 Å². The fourth-order valence-electron chi connectivity index (χ4n) is 2.93. The molecule has 34 heavy (non-hydrogen) atoms. The van der Waals surface area contributed by atoms with Crippen LogP contribution in [0.15, 0.2) is 18.2 Å². The molecule has 4 N–H and O–H groups in total. The summed E-state index contributed by atoms with van der Waals surface area (Å²) in [6.07, 6.45) is 4.93. The third-order valence-electron chi connectivity index (χ3n) is 4.59. The lowest BCUT2D eigenvalue weighted by molar-refractivity contribution is -0.136. The van der Waals surface area contributed by atoms with Crippen LogP contribution >= 0.6 is 0 Å². The minimum Gasteiger partial charge on any atom is -0.485 e. The summed E-state index contributed by atoms with van der Waals surface area (Å²) in [6, 6.07) is 3.59. The molecule has 1 saturated heterocycles. The van der Waals surface area contributed by atoms with Crippen molar-refractivity contribution < 1.29 is 28.7 Å². The number of carbonyl (C=O) groups is 5. The van der Waals surface area contributed by atoms with E-state index in [4.69, 9.17) is 10.5 Å². The van der Waals surface area contributed by atoms with Gasteiger partial charge in [-0.25, -0.2) is 0 Å². The van der Waals surface area contributed by atoms with Gasteiger partial charge in [-0.2, -0.15) is 0 Å². The number of likely N-dealkylation sites (N-methyl/N-ethyl adjacent to an activating group) is 1. The normalized spacial score (nSPS) is 14.4. The number of aldehydes is 2. The molecule has 1 heterocycles. The van der Waals surface area contributed by atoms with Crippen molar-refractivity contribution in [3.8, 4) is 5.75 Å². The molecule has 3 amide bonds. The van der Waals surface area contributed by atoms with Crippen molar-refractivity contribution in [2.75, 3.05) is 33.8 Å². The Hall–Kier alpha value is -3.11. The zero-order valence-corrected chi connectivity index (χ0v) is 20.6. The van der Waals surface area contributed by atoms with Crippen LogP contribution in [0.5, 0.6) is 5.75 Å². The van der Waals surface area contributed by atoms with E-state index in [-0.39, 0.29) is 42.2 Å². The molecule has 1 aliphatic rings. The summed E-state index contributed by atoms with van der Waals surface area (Å²) in [6.45, 7) is 5.89. The Morgan fingerprint density at radius 1 is 1.26 bits per heavy atom. The number of amides is 3. The first-order chi connectivity index (χ1) is 16.3. The Kier molecular flexibility index (Phi) is 16.7. The number of imide groups is 1. The first-order valence-electron chi connectivity index (χ1n) is 11.4. The topological polar surface area (TPSA) is 148 Å². The number of nitrogens with two attached hydrogens (primary N) is 1. The molecule has 1 fully saturated rings. The highest BCUT2D eigenvalue weighted by molar-refractivity contribution is 6.07. The highest BCUT2D eigenvalue weighted by Gasteiger charge is 2.34. The maximum atomic E-state index is 12.8. The Morgan fingerprint density at radius 3 is 2.47 bits per heavy atom. The molecule has 0 bridgehead atoms. The number of rotatable bonds is 10. The van der Waals surface area contributed by atoms with Gasteiger partial charge in [-0.1, -0.05) is 32.4 Å². The largest absolute Gasteiger partial charge is 0.485 e. The third-order valence-corrected chi connectivity index (χ3v) is 4.59. The lowest BCUT2D eigenvalue weighted by atomic mass is 10.0. The number of hydrogen-bond donors (Lipinski definition) is 3. The second-order valence-corrected chi connectivity index (χ2v) is 7.51. The molecule has 1 aromatic rings. The van der Waals surface area contributed by atoms with Crippen LogP contribution in [0.4, 0.5) is 0 Å². The van der Waals surface area contributed by atoms with Crippen LogP contribution in [0.2, 0.25) is 0 Å². The molecule has 10 nitrogen and oxygen atoms in total. The number of hydrogen-bond acceptors (Lipinski definition) is 8. The summed E-state index contributed by atoms with van der Waals surface area (Å²) in [5.74, 6) is -1.48. The number of benzene rings is 1. The van der Waals surface area contributed by atoms with Crippen LogP contribution in [-0.4, -0.2) is 75.0 Å². The lowest BCUT2D eigenvalue weighted by Gasteiger charge is -2.30. The molecule has 2 rings (SSSR count). The van der Waals surface area contributed by atoms with Gasteiger partial charge in [0.25, 0.3) is 5.91 Å². The third kappa shape index (κ3) is 10.7. The smallest absolute Gasteiger partial charge is 0.258 e. The summed E-state index contributed by atoms with van der Waals surface area (Å²) >= 11 is 0. The van der Waals surface area contributed by atoms with E-state index in [0.29, 0.717) is 12.6 Å². The molecule has 0 saturated carbocycles. The van der Waals surface area contributed by atoms with E-state index < -0.39 is 17.9 Å². The van der Waals surface area contributed by atoms with E-state index in [1.54, 1.807) is 0 Å². The summed E-state index contributed by atoms with van der Waals surface area (Å²) in [5, 5.41) is 5.22. The monoisotopic (exact) mass is 478 g/mol. The summed E-state index contributed by atoms with van der Waals surface area (Å²) in [5.41, 5.74) is 5.30. The summed E-state index contributed by atoms with van der Waals surface area (Å²) in [7, 11) is 3.37. The van der Waals surface area contributed by atoms with Crippen LogP contribution in [0.3, 0.4) is 0 Å². The van der Waals surface area contributed by atoms with Crippen LogP contribution < -0.4 is 21.1 Å². The Morgan fingerprint density at radius 2 is 1.94 bits per heavy atom. The number of unbranched alkanes of at least 4 members (excludes halogenated alkanes) is 1. The molecule has 0 radical (unpaired) electrons. The van der Waals surface area contributed by atoms with E-state index in [9.17, 15) is 24.0 Å². The maximum Gasteiger partial charge on any atom is 0.258 e. The minimum atomic E-state index is -0.825. The van der Waals surface area contributed by atoms with Crippen molar-refractivity contribution in [1.29, 1.82) is 0 Å². The molecule has 0 aromatic heterocycles. The number of ether oxygens (including phenoxy) is 1. The molecule has 190 valence electrons. The molecule has 1 aliphatic heterocycles. The van der Waals surface area contributed by atoms with Gasteiger partial charge < -0.3 is 20.7 Å². The molecule has 10 heteroatoms. The molecule has 1 aromatic carbocycles. The van der Waals surface area contributed by atoms with Crippen LogP contribution in [0, 0.1) is 0 Å². The van der Waals surface area contributed by atoms with Gasteiger partial charge in [0.05, 0.1) is 5.56 Å². The number of carbonyl (C=O) groups excluding carboxylic acids is 5. The minimum absolute atomic E-state index is 0.0263. The van der Waals surface area contributed by atoms with Crippen molar-refractivity contribution in [2.24, 2.45) is 5.73 Å². The standard InChI is InChI=1S/C16H16N2O6.C5H14N2.C3H8/c1-18(11-5-6-13(21)17-15(11)22)16(23)14-10(9-20)3-2-4-12(14)24-8-7-19;1-7-5-3-2-4-6;1-3-2/h2-4,7,9,11H,5-6,8H2,1H3,(H,17,21,22);7H,2-6H2,1H3;3H2,1-2H3. The highest BCUT2D eigenvalue weighted by atomic mass is 16.5. The van der Waals surface area contributed by atoms with E-state index in [1.807, 2.05) is 7.05 Å². The van der Waals surface area contributed by atoms with Crippen molar-refractivity contribution in [1.82, 2.24) is 15.5 Å². The van der Waals surface area contributed by atoms with Gasteiger partial charge in [-0.05, 0) is 45.5 Å². The van der Waals surface area contributed by atoms with Gasteiger partial charge in [0.2, 0.25) is 11.8 Å². The van der Waals surface area contributed by atoms with Crippen LogP contribution in [-0.2, 0) is 14.4 Å². The van der Waals surface area contributed by atoms with E-state index in [2.05, 4.69) is 24.5 Å². The summed E-state index contributed by atoms with van der Waals surface area (Å²) < 4.78 is 5.20. The van der Waals surface area contributed by atoms with Gasteiger partial charge in [0.15, 0.2) is 12.6 Å². The highest BCUT2D eigenvalue weighted by Crippen LogP contribution is 2.25. The zero-order valence-electron chi connectivity index (χ0n) is 20.6. The Labute approximate surface area is 201 Å². The van der Waals surface area contributed by atoms with Gasteiger partial charge in [-0.3, -0.25) is 29.3 Å². The predicted molar refractivity (Wildman–Crippen MR) is 130 cm³/mol. The van der Waals surface area contributed by atoms with E-state index in [0.717, 1.165) is 24.4 Å². The van der Waals surface area contributed by atoms with Gasteiger partial charge in [0, 0.05) is 19.0 Å². The van der Waals surface area contributed by atoms with Crippen molar-refractivity contribution >= 4 is 30.3 Å². The predicted octanol–water partition coefficient (Wildman–Crippen LogP) is 1.32. The molecule has 1 unspecified atom stereocenters. The molecule has 0 spiro atoms. The lowest BCUT2D eigenvalue weighted by Crippen LogP contribution is -2.53. The quantitative estimate of drug-likeness (QED) is 0.259. The van der Waals surface area contributed by atoms with Crippen LogP contribution in [0.25, 0.3) is 0 Å². The SMILES string of the molecule is CCC.CN(C(=O)c1c(C=O)cccc1OCC=O)C1CCC(=O)NC1=O.CNCCCCN. The molecular formula is C24H38N4O6. The van der Waals surface area contributed by atoms with Crippen LogP contribution in [0.1, 0.15) is 66.7 Å². The zero-order chi connectivity index (χ0) is 25.9. The Bertz CT molecular complexity index is 796. The second-order valence-electron chi connectivity index (χ2n) is 7.51. The van der Waals surface area contributed by atoms with Gasteiger partial charge >= 0.3 is 0 Å². The molecule has 1 atom stereocenters. The second kappa shape index (κ2) is 18.3. The fraction of sp³-hybridized carbons (Fsp3) is 0.542. The van der Waals surface area contributed by atoms with Gasteiger partial charge in [-0.15, -0.1) is 0 Å². The van der Waals surface area contributed by atoms with Crippen molar-refractivity contribution in [3.63, 3.8) is 0 Å². The number of nitrogens with zero attached hydrogens (tertiary/aromatic N) is 1. The fourth-order valence-corrected chi connectivity index (χ4v) is 2.93. The van der Waals surface area contributed by atoms with Gasteiger partial charge in [0.1, 0.15) is 18.4 Å².